The van der Waals surface area contributed by atoms with Crippen molar-refractivity contribution < 1.29 is 9.59 Å². The molecule has 0 saturated carbocycles. The predicted molar refractivity (Wildman–Crippen MR) is 87.3 cm³/mol. The van der Waals surface area contributed by atoms with E-state index in [4.69, 9.17) is 0 Å². The van der Waals surface area contributed by atoms with Gasteiger partial charge in [0.05, 0.1) is 12.0 Å². The third-order valence-electron chi connectivity index (χ3n) is 4.71. The first kappa shape index (κ1) is 16.0. The lowest BCUT2D eigenvalue weighted by Crippen LogP contribution is -2.41. The summed E-state index contributed by atoms with van der Waals surface area (Å²) < 4.78 is 0. The van der Waals surface area contributed by atoms with E-state index in [1.807, 2.05) is 40.1 Å². The molecule has 1 aromatic rings. The molecule has 3 rings (SSSR count). The topological polar surface area (TPSA) is 64.7 Å². The van der Waals surface area contributed by atoms with Crippen LogP contribution in [0.1, 0.15) is 24.9 Å². The second kappa shape index (κ2) is 7.10. The summed E-state index contributed by atoms with van der Waals surface area (Å²) in [4.78, 5) is 28.2. The van der Waals surface area contributed by atoms with Gasteiger partial charge in [-0.15, -0.1) is 0 Å². The van der Waals surface area contributed by atoms with E-state index in [9.17, 15) is 9.59 Å². The molecule has 0 radical (unpaired) electrons. The molecule has 2 aliphatic heterocycles. The molecular weight excluding hydrogens is 292 g/mol. The van der Waals surface area contributed by atoms with Crippen LogP contribution in [0.4, 0.5) is 0 Å². The zero-order chi connectivity index (χ0) is 16.2. The molecule has 0 bridgehead atoms. The first-order valence-corrected chi connectivity index (χ1v) is 8.24. The Hall–Kier alpha value is -1.92. The van der Waals surface area contributed by atoms with Gasteiger partial charge in [0.2, 0.25) is 11.8 Å². The van der Waals surface area contributed by atoms with Crippen molar-refractivity contribution in [1.29, 1.82) is 0 Å². The van der Waals surface area contributed by atoms with Crippen molar-refractivity contribution in [3.05, 3.63) is 35.9 Å². The average Bonchev–Trinajstić information content (AvgIpc) is 2.92. The lowest BCUT2D eigenvalue weighted by Gasteiger charge is -2.26. The molecule has 2 saturated heterocycles. The number of hydrogen-bond acceptors (Lipinski definition) is 4. The highest BCUT2D eigenvalue weighted by Gasteiger charge is 2.36. The molecule has 23 heavy (non-hydrogen) atoms. The summed E-state index contributed by atoms with van der Waals surface area (Å²) in [5, 5.41) is 0. The van der Waals surface area contributed by atoms with Gasteiger partial charge in [0.1, 0.15) is 0 Å². The highest BCUT2D eigenvalue weighted by atomic mass is 16.2. The van der Waals surface area contributed by atoms with Gasteiger partial charge in [-0.2, -0.15) is 0 Å². The van der Waals surface area contributed by atoms with Gasteiger partial charge in [-0.1, -0.05) is 30.3 Å². The van der Waals surface area contributed by atoms with E-state index in [0.29, 0.717) is 19.6 Å². The fraction of sp³-hybridized carbons (Fsp3) is 0.529. The van der Waals surface area contributed by atoms with Crippen LogP contribution in [0, 0.1) is 5.92 Å². The number of carbonyl (C=O) groups excluding carboxylic acids is 2. The van der Waals surface area contributed by atoms with Crippen molar-refractivity contribution in [2.45, 2.75) is 19.4 Å². The van der Waals surface area contributed by atoms with Gasteiger partial charge in [0.15, 0.2) is 0 Å². The highest BCUT2D eigenvalue weighted by molar-refractivity contribution is 5.80. The molecule has 0 aliphatic carbocycles. The third-order valence-corrected chi connectivity index (χ3v) is 4.71. The van der Waals surface area contributed by atoms with Crippen molar-refractivity contribution in [3.63, 3.8) is 0 Å². The van der Waals surface area contributed by atoms with Gasteiger partial charge in [-0.3, -0.25) is 15.0 Å². The SMILES string of the molecule is CC(=O)N1CCCN(C(=O)C2CNNC2c2ccccc2)CC1. The van der Waals surface area contributed by atoms with E-state index in [1.165, 1.54) is 0 Å². The normalized spacial score (nSPS) is 25.3. The Morgan fingerprint density at radius 3 is 2.48 bits per heavy atom. The number of hydrazine groups is 1. The predicted octanol–water partition coefficient (Wildman–Crippen LogP) is 0.533. The minimum atomic E-state index is -0.110. The fourth-order valence-corrected chi connectivity index (χ4v) is 3.39. The smallest absolute Gasteiger partial charge is 0.229 e. The van der Waals surface area contributed by atoms with Gasteiger partial charge in [-0.25, -0.2) is 5.43 Å². The first-order valence-electron chi connectivity index (χ1n) is 8.24. The van der Waals surface area contributed by atoms with Crippen LogP contribution in [-0.2, 0) is 9.59 Å². The molecule has 6 nitrogen and oxygen atoms in total. The van der Waals surface area contributed by atoms with E-state index in [2.05, 4.69) is 10.9 Å². The number of benzene rings is 1. The molecule has 2 N–H and O–H groups in total. The monoisotopic (exact) mass is 316 g/mol. The number of rotatable bonds is 2. The van der Waals surface area contributed by atoms with Crippen LogP contribution >= 0.6 is 0 Å². The van der Waals surface area contributed by atoms with Crippen molar-refractivity contribution in [3.8, 4) is 0 Å². The van der Waals surface area contributed by atoms with E-state index >= 15 is 0 Å². The Morgan fingerprint density at radius 2 is 1.74 bits per heavy atom. The summed E-state index contributed by atoms with van der Waals surface area (Å²) in [6.07, 6.45) is 0.842. The summed E-state index contributed by atoms with van der Waals surface area (Å²) in [6, 6.07) is 10.1. The van der Waals surface area contributed by atoms with Crippen LogP contribution in [0.15, 0.2) is 30.3 Å². The summed E-state index contributed by atoms with van der Waals surface area (Å²) >= 11 is 0. The molecule has 1 aromatic carbocycles. The molecule has 0 aromatic heterocycles. The van der Waals surface area contributed by atoms with E-state index in [-0.39, 0.29) is 23.8 Å². The largest absolute Gasteiger partial charge is 0.341 e. The maximum Gasteiger partial charge on any atom is 0.229 e. The van der Waals surface area contributed by atoms with Gasteiger partial charge in [0, 0.05) is 39.6 Å². The number of amides is 2. The maximum atomic E-state index is 13.0. The van der Waals surface area contributed by atoms with Crippen LogP contribution in [0.3, 0.4) is 0 Å². The van der Waals surface area contributed by atoms with E-state index in [0.717, 1.165) is 25.1 Å². The number of nitrogens with zero attached hydrogens (tertiary/aromatic N) is 2. The standard InChI is InChI=1S/C17H24N4O2/c1-13(22)20-8-5-9-21(11-10-20)17(23)15-12-18-19-16(15)14-6-3-2-4-7-14/h2-4,6-7,15-16,18-19H,5,8-12H2,1H3. The second-order valence-electron chi connectivity index (χ2n) is 6.20. The van der Waals surface area contributed by atoms with Gasteiger partial charge < -0.3 is 9.80 Å². The Balaban J connectivity index is 1.68. The molecule has 2 amide bonds. The van der Waals surface area contributed by atoms with Crippen LogP contribution in [-0.4, -0.2) is 54.3 Å². The molecular formula is C17H24N4O2. The van der Waals surface area contributed by atoms with Crippen LogP contribution < -0.4 is 10.9 Å². The second-order valence-corrected chi connectivity index (χ2v) is 6.20. The third kappa shape index (κ3) is 3.54. The quantitative estimate of drug-likeness (QED) is 0.835. The Labute approximate surface area is 136 Å². The van der Waals surface area contributed by atoms with Crippen molar-refractivity contribution >= 4 is 11.8 Å². The van der Waals surface area contributed by atoms with Crippen molar-refractivity contribution in [2.75, 3.05) is 32.7 Å². The van der Waals surface area contributed by atoms with Crippen LogP contribution in [0.2, 0.25) is 0 Å². The average molecular weight is 316 g/mol. The summed E-state index contributed by atoms with van der Waals surface area (Å²) in [5.74, 6) is 0.147. The number of carbonyl (C=O) groups is 2. The minimum Gasteiger partial charge on any atom is -0.341 e. The van der Waals surface area contributed by atoms with Gasteiger partial charge in [0.25, 0.3) is 0 Å². The Bertz CT molecular complexity index is 563. The molecule has 2 heterocycles. The van der Waals surface area contributed by atoms with E-state index in [1.54, 1.807) is 6.92 Å². The molecule has 2 aliphatic rings. The summed E-state index contributed by atoms with van der Waals surface area (Å²) in [7, 11) is 0. The summed E-state index contributed by atoms with van der Waals surface area (Å²) in [5.41, 5.74) is 7.47. The lowest BCUT2D eigenvalue weighted by atomic mass is 9.93. The molecule has 2 unspecified atom stereocenters. The van der Waals surface area contributed by atoms with Crippen molar-refractivity contribution in [2.24, 2.45) is 5.92 Å². The molecule has 0 spiro atoms. The summed E-state index contributed by atoms with van der Waals surface area (Å²) in [6.45, 7) is 4.93. The van der Waals surface area contributed by atoms with Gasteiger partial charge in [-0.05, 0) is 12.0 Å². The molecule has 2 fully saturated rings. The fourth-order valence-electron chi connectivity index (χ4n) is 3.39. The van der Waals surface area contributed by atoms with Gasteiger partial charge >= 0.3 is 0 Å². The lowest BCUT2D eigenvalue weighted by molar-refractivity contribution is -0.136. The highest BCUT2D eigenvalue weighted by Crippen LogP contribution is 2.26. The Morgan fingerprint density at radius 1 is 1.04 bits per heavy atom. The molecule has 2 atom stereocenters. The zero-order valence-corrected chi connectivity index (χ0v) is 13.5. The molecule has 124 valence electrons. The Kier molecular flexibility index (Phi) is 4.93. The molecule has 6 heteroatoms. The number of hydrogen-bond donors (Lipinski definition) is 2. The maximum absolute atomic E-state index is 13.0. The zero-order valence-electron chi connectivity index (χ0n) is 13.5. The van der Waals surface area contributed by atoms with Crippen LogP contribution in [0.25, 0.3) is 0 Å². The van der Waals surface area contributed by atoms with E-state index < -0.39 is 0 Å². The minimum absolute atomic E-state index is 0.00383. The van der Waals surface area contributed by atoms with Crippen molar-refractivity contribution in [1.82, 2.24) is 20.7 Å². The number of nitrogens with one attached hydrogen (secondary N) is 2. The first-order chi connectivity index (χ1) is 11.2. The van der Waals surface area contributed by atoms with Crippen LogP contribution in [0.5, 0.6) is 0 Å².